The van der Waals surface area contributed by atoms with Crippen LogP contribution in [0.2, 0.25) is 0 Å². The van der Waals surface area contributed by atoms with E-state index in [1.54, 1.807) is 6.92 Å². The van der Waals surface area contributed by atoms with Crippen LogP contribution >= 0.6 is 24.2 Å². The fraction of sp³-hybridized carbons (Fsp3) is 1.00. The van der Waals surface area contributed by atoms with Crippen molar-refractivity contribution in [2.45, 2.75) is 25.8 Å². The average Bonchev–Trinajstić information content (AvgIpc) is 2.26. The normalized spacial score (nSPS) is 18.1. The van der Waals surface area contributed by atoms with Gasteiger partial charge >= 0.3 is 0 Å². The summed E-state index contributed by atoms with van der Waals surface area (Å²) in [6.07, 6.45) is 2.40. The van der Waals surface area contributed by atoms with E-state index < -0.39 is 10.0 Å². The molecule has 98 valence electrons. The molecule has 0 aromatic heterocycles. The fourth-order valence-electron chi connectivity index (χ4n) is 1.49. The third-order valence-electron chi connectivity index (χ3n) is 2.48. The van der Waals surface area contributed by atoms with E-state index in [1.807, 2.05) is 11.8 Å². The minimum atomic E-state index is -3.02. The molecule has 1 rings (SSSR count). The number of hydrogen-bond acceptors (Lipinski definition) is 4. The lowest BCUT2D eigenvalue weighted by Gasteiger charge is -2.22. The van der Waals surface area contributed by atoms with Crippen LogP contribution in [-0.2, 0) is 10.0 Å². The number of halogens is 1. The summed E-state index contributed by atoms with van der Waals surface area (Å²) < 4.78 is 24.8. The van der Waals surface area contributed by atoms with Gasteiger partial charge in [-0.15, -0.1) is 12.4 Å². The number of thioether (sulfide) groups is 1. The molecule has 0 saturated carbocycles. The molecular weight excluding hydrogens is 268 g/mol. The van der Waals surface area contributed by atoms with Crippen LogP contribution in [0.5, 0.6) is 0 Å². The molecule has 0 aromatic rings. The Balaban J connectivity index is 0.00000225. The molecule has 2 N–H and O–H groups in total. The Morgan fingerprint density at radius 1 is 1.25 bits per heavy atom. The van der Waals surface area contributed by atoms with Crippen LogP contribution in [0.4, 0.5) is 0 Å². The third-order valence-corrected chi connectivity index (χ3v) is 4.93. The summed E-state index contributed by atoms with van der Waals surface area (Å²) in [7, 11) is -3.02. The molecule has 0 atom stereocenters. The summed E-state index contributed by atoms with van der Waals surface area (Å²) in [5.41, 5.74) is 0. The number of nitrogens with one attached hydrogen (secondary N) is 2. The highest BCUT2D eigenvalue weighted by Crippen LogP contribution is 2.16. The highest BCUT2D eigenvalue weighted by atomic mass is 35.5. The van der Waals surface area contributed by atoms with E-state index >= 15 is 0 Å². The first-order chi connectivity index (χ1) is 7.14. The van der Waals surface area contributed by atoms with Crippen LogP contribution < -0.4 is 10.0 Å². The second-order valence-electron chi connectivity index (χ2n) is 3.64. The van der Waals surface area contributed by atoms with Crippen molar-refractivity contribution in [3.8, 4) is 0 Å². The van der Waals surface area contributed by atoms with Gasteiger partial charge in [-0.05, 0) is 31.3 Å². The highest BCUT2D eigenvalue weighted by molar-refractivity contribution is 7.99. The van der Waals surface area contributed by atoms with Gasteiger partial charge in [-0.1, -0.05) is 0 Å². The molecule has 0 aliphatic carbocycles. The summed E-state index contributed by atoms with van der Waals surface area (Å²) in [6.45, 7) is 2.88. The smallest absolute Gasteiger partial charge is 0.211 e. The lowest BCUT2D eigenvalue weighted by atomic mass is 10.1. The van der Waals surface area contributed by atoms with E-state index in [0.29, 0.717) is 12.6 Å². The molecule has 1 heterocycles. The minimum Gasteiger partial charge on any atom is -0.313 e. The lowest BCUT2D eigenvalue weighted by molar-refractivity contribution is 0.483. The zero-order valence-corrected chi connectivity index (χ0v) is 12.0. The fourth-order valence-corrected chi connectivity index (χ4v) is 3.21. The molecule has 1 aliphatic heterocycles. The van der Waals surface area contributed by atoms with Crippen molar-refractivity contribution in [2.24, 2.45) is 0 Å². The summed E-state index contributed by atoms with van der Waals surface area (Å²) in [5, 5.41) is 3.38. The van der Waals surface area contributed by atoms with Gasteiger partial charge in [0.2, 0.25) is 10.0 Å². The molecule has 1 fully saturated rings. The average molecular weight is 289 g/mol. The van der Waals surface area contributed by atoms with Crippen molar-refractivity contribution < 1.29 is 8.42 Å². The maximum absolute atomic E-state index is 11.1. The van der Waals surface area contributed by atoms with Crippen LogP contribution in [0.1, 0.15) is 19.8 Å². The van der Waals surface area contributed by atoms with Gasteiger partial charge < -0.3 is 5.32 Å². The van der Waals surface area contributed by atoms with Crippen molar-refractivity contribution in [1.29, 1.82) is 0 Å². The van der Waals surface area contributed by atoms with Crippen LogP contribution in [0.3, 0.4) is 0 Å². The Morgan fingerprint density at radius 2 is 1.88 bits per heavy atom. The predicted molar refractivity (Wildman–Crippen MR) is 73.1 cm³/mol. The van der Waals surface area contributed by atoms with Crippen molar-refractivity contribution in [3.05, 3.63) is 0 Å². The number of rotatable bonds is 6. The van der Waals surface area contributed by atoms with E-state index in [4.69, 9.17) is 0 Å². The molecule has 1 aliphatic rings. The monoisotopic (exact) mass is 288 g/mol. The van der Waals surface area contributed by atoms with Gasteiger partial charge in [0.25, 0.3) is 0 Å². The van der Waals surface area contributed by atoms with Gasteiger partial charge in [-0.25, -0.2) is 13.1 Å². The lowest BCUT2D eigenvalue weighted by Crippen LogP contribution is -2.39. The minimum absolute atomic E-state index is 0. The van der Waals surface area contributed by atoms with Gasteiger partial charge in [0.15, 0.2) is 0 Å². The maximum Gasteiger partial charge on any atom is 0.211 e. The van der Waals surface area contributed by atoms with Gasteiger partial charge in [-0.3, -0.25) is 0 Å². The van der Waals surface area contributed by atoms with Gasteiger partial charge in [0, 0.05) is 19.1 Å². The maximum atomic E-state index is 11.1. The topological polar surface area (TPSA) is 58.2 Å². The Bertz CT molecular complexity index is 267. The van der Waals surface area contributed by atoms with E-state index in [2.05, 4.69) is 10.0 Å². The van der Waals surface area contributed by atoms with Gasteiger partial charge in [0.05, 0.1) is 5.75 Å². The van der Waals surface area contributed by atoms with Crippen molar-refractivity contribution >= 4 is 34.2 Å². The zero-order chi connectivity index (χ0) is 11.1. The quantitative estimate of drug-likeness (QED) is 0.711. The van der Waals surface area contributed by atoms with Gasteiger partial charge in [0.1, 0.15) is 0 Å². The first-order valence-corrected chi connectivity index (χ1v) is 8.23. The van der Waals surface area contributed by atoms with Crippen molar-refractivity contribution in [3.63, 3.8) is 0 Å². The second kappa shape index (κ2) is 8.58. The van der Waals surface area contributed by atoms with E-state index in [9.17, 15) is 8.42 Å². The molecule has 0 aromatic carbocycles. The molecule has 0 spiro atoms. The van der Waals surface area contributed by atoms with Crippen LogP contribution in [0, 0.1) is 0 Å². The standard InChI is InChI=1S/C9H20N2O2S2.ClH/c1-2-15(12,13)11-6-5-10-9-3-7-14-8-4-9;/h9-11H,2-8H2,1H3;1H. The molecule has 4 nitrogen and oxygen atoms in total. The Kier molecular flexibility index (Phi) is 8.85. The summed E-state index contributed by atoms with van der Waals surface area (Å²) in [5.74, 6) is 2.60. The Hall–Kier alpha value is 0.510. The predicted octanol–water partition coefficient (Wildman–Crippen LogP) is 0.833. The third kappa shape index (κ3) is 6.96. The molecular formula is C9H21ClN2O2S2. The first-order valence-electron chi connectivity index (χ1n) is 5.42. The van der Waals surface area contributed by atoms with Crippen molar-refractivity contribution in [1.82, 2.24) is 10.0 Å². The van der Waals surface area contributed by atoms with Crippen LogP contribution in [0.25, 0.3) is 0 Å². The van der Waals surface area contributed by atoms with E-state index in [1.165, 1.54) is 24.3 Å². The largest absolute Gasteiger partial charge is 0.313 e. The van der Waals surface area contributed by atoms with E-state index in [-0.39, 0.29) is 18.2 Å². The highest BCUT2D eigenvalue weighted by Gasteiger charge is 2.12. The Morgan fingerprint density at radius 3 is 2.44 bits per heavy atom. The van der Waals surface area contributed by atoms with Crippen LogP contribution in [-0.4, -0.2) is 44.8 Å². The van der Waals surface area contributed by atoms with Crippen molar-refractivity contribution in [2.75, 3.05) is 30.3 Å². The SMILES string of the molecule is CCS(=O)(=O)NCCNC1CCSCC1.Cl. The number of sulfonamides is 1. The molecule has 1 saturated heterocycles. The molecule has 0 bridgehead atoms. The molecule has 7 heteroatoms. The Labute approximate surface area is 109 Å². The molecule has 0 radical (unpaired) electrons. The zero-order valence-electron chi connectivity index (χ0n) is 9.57. The summed E-state index contributed by atoms with van der Waals surface area (Å²) in [6, 6.07) is 0.581. The second-order valence-corrected chi connectivity index (χ2v) is 6.96. The summed E-state index contributed by atoms with van der Waals surface area (Å²) in [4.78, 5) is 0. The van der Waals surface area contributed by atoms with E-state index in [0.717, 1.165) is 6.54 Å². The number of hydrogen-bond donors (Lipinski definition) is 2. The molecule has 0 amide bonds. The summed E-state index contributed by atoms with van der Waals surface area (Å²) >= 11 is 1.99. The first kappa shape index (κ1) is 16.5. The van der Waals surface area contributed by atoms with Crippen LogP contribution in [0.15, 0.2) is 0 Å². The molecule has 0 unspecified atom stereocenters. The van der Waals surface area contributed by atoms with Gasteiger partial charge in [-0.2, -0.15) is 11.8 Å². The molecule has 16 heavy (non-hydrogen) atoms.